The fourth-order valence-corrected chi connectivity index (χ4v) is 5.11. The van der Waals surface area contributed by atoms with Crippen LogP contribution in [0.5, 0.6) is 0 Å². The van der Waals surface area contributed by atoms with E-state index in [1.165, 1.54) is 16.4 Å². The summed E-state index contributed by atoms with van der Waals surface area (Å²) in [6.07, 6.45) is 0.120. The zero-order valence-electron chi connectivity index (χ0n) is 20.0. The Labute approximate surface area is 208 Å². The molecule has 9 heteroatoms. The van der Waals surface area contributed by atoms with E-state index in [1.54, 1.807) is 6.07 Å². The summed E-state index contributed by atoms with van der Waals surface area (Å²) in [5, 5.41) is 14.9. The SMILES string of the molecule is CC(C)CN1CCOC(CSc2nnc(-c3nn(Cc4ccccc4)c(=O)c4ccccc34)o2)C1. The van der Waals surface area contributed by atoms with Gasteiger partial charge in [-0.05, 0) is 17.5 Å². The zero-order chi connectivity index (χ0) is 24.2. The lowest BCUT2D eigenvalue weighted by Crippen LogP contribution is -2.44. The fourth-order valence-electron chi connectivity index (χ4n) is 4.35. The van der Waals surface area contributed by atoms with Crippen LogP contribution >= 0.6 is 11.8 Å². The van der Waals surface area contributed by atoms with Gasteiger partial charge in [-0.25, -0.2) is 4.68 Å². The van der Waals surface area contributed by atoms with Gasteiger partial charge in [-0.2, -0.15) is 5.10 Å². The molecular weight excluding hydrogens is 462 g/mol. The molecule has 0 radical (unpaired) electrons. The van der Waals surface area contributed by atoms with Crippen LogP contribution in [-0.4, -0.2) is 63.0 Å². The van der Waals surface area contributed by atoms with Gasteiger partial charge in [0.05, 0.1) is 24.6 Å². The Kier molecular flexibility index (Phi) is 7.26. The molecule has 182 valence electrons. The normalized spacial score (nSPS) is 16.8. The molecule has 2 aromatic heterocycles. The first-order valence-corrected chi connectivity index (χ1v) is 12.9. The molecule has 0 saturated carbocycles. The maximum absolute atomic E-state index is 13.1. The summed E-state index contributed by atoms with van der Waals surface area (Å²) in [5.74, 6) is 1.67. The summed E-state index contributed by atoms with van der Waals surface area (Å²) in [4.78, 5) is 15.6. The molecule has 0 spiro atoms. The summed E-state index contributed by atoms with van der Waals surface area (Å²) < 4.78 is 13.4. The number of benzene rings is 2. The second-order valence-corrected chi connectivity index (χ2v) is 10.1. The van der Waals surface area contributed by atoms with Gasteiger partial charge in [0.1, 0.15) is 0 Å². The van der Waals surface area contributed by atoms with Gasteiger partial charge in [-0.15, -0.1) is 10.2 Å². The van der Waals surface area contributed by atoms with Crippen molar-refractivity contribution < 1.29 is 9.15 Å². The highest BCUT2D eigenvalue weighted by Gasteiger charge is 2.23. The van der Waals surface area contributed by atoms with Gasteiger partial charge in [-0.3, -0.25) is 9.69 Å². The molecule has 5 rings (SSSR count). The highest BCUT2D eigenvalue weighted by Crippen LogP contribution is 2.27. The number of hydrogen-bond acceptors (Lipinski definition) is 8. The number of fused-ring (bicyclic) bond motifs is 1. The Morgan fingerprint density at radius 1 is 1.06 bits per heavy atom. The van der Waals surface area contributed by atoms with Gasteiger partial charge in [0.25, 0.3) is 16.7 Å². The fraction of sp³-hybridized carbons (Fsp3) is 0.385. The van der Waals surface area contributed by atoms with E-state index >= 15 is 0 Å². The third-order valence-electron chi connectivity index (χ3n) is 5.89. The van der Waals surface area contributed by atoms with Crippen molar-refractivity contribution in [2.24, 2.45) is 5.92 Å². The van der Waals surface area contributed by atoms with Crippen LogP contribution in [0.4, 0.5) is 0 Å². The monoisotopic (exact) mass is 491 g/mol. The minimum Gasteiger partial charge on any atom is -0.410 e. The van der Waals surface area contributed by atoms with E-state index in [2.05, 4.69) is 34.0 Å². The summed E-state index contributed by atoms with van der Waals surface area (Å²) in [7, 11) is 0. The van der Waals surface area contributed by atoms with E-state index in [0.717, 1.165) is 37.6 Å². The number of nitrogens with zero attached hydrogens (tertiary/aromatic N) is 5. The van der Waals surface area contributed by atoms with Crippen LogP contribution in [0.2, 0.25) is 0 Å². The molecule has 1 fully saturated rings. The van der Waals surface area contributed by atoms with Crippen molar-refractivity contribution in [2.75, 3.05) is 32.0 Å². The van der Waals surface area contributed by atoms with Crippen molar-refractivity contribution in [3.63, 3.8) is 0 Å². The number of ether oxygens (including phenoxy) is 1. The van der Waals surface area contributed by atoms with Crippen LogP contribution in [0.25, 0.3) is 22.4 Å². The number of aromatic nitrogens is 4. The quantitative estimate of drug-likeness (QED) is 0.343. The van der Waals surface area contributed by atoms with Crippen LogP contribution in [-0.2, 0) is 11.3 Å². The molecule has 0 bridgehead atoms. The third kappa shape index (κ3) is 5.63. The van der Waals surface area contributed by atoms with Gasteiger partial charge in [0, 0.05) is 30.8 Å². The molecule has 35 heavy (non-hydrogen) atoms. The van der Waals surface area contributed by atoms with E-state index in [0.29, 0.717) is 40.0 Å². The Morgan fingerprint density at radius 2 is 1.83 bits per heavy atom. The number of morpholine rings is 1. The van der Waals surface area contributed by atoms with Gasteiger partial charge in [0.2, 0.25) is 0 Å². The van der Waals surface area contributed by atoms with Gasteiger partial charge >= 0.3 is 0 Å². The Balaban J connectivity index is 1.37. The van der Waals surface area contributed by atoms with E-state index in [9.17, 15) is 4.79 Å². The zero-order valence-corrected chi connectivity index (χ0v) is 20.8. The first-order chi connectivity index (χ1) is 17.1. The molecule has 1 saturated heterocycles. The maximum Gasteiger partial charge on any atom is 0.277 e. The largest absolute Gasteiger partial charge is 0.410 e. The molecule has 3 heterocycles. The lowest BCUT2D eigenvalue weighted by atomic mass is 10.1. The topological polar surface area (TPSA) is 86.3 Å². The summed E-state index contributed by atoms with van der Waals surface area (Å²) >= 11 is 1.49. The predicted octanol–water partition coefficient (Wildman–Crippen LogP) is 3.94. The second-order valence-electron chi connectivity index (χ2n) is 9.17. The lowest BCUT2D eigenvalue weighted by Gasteiger charge is -2.33. The van der Waals surface area contributed by atoms with E-state index < -0.39 is 0 Å². The number of hydrogen-bond donors (Lipinski definition) is 0. The van der Waals surface area contributed by atoms with Crippen molar-refractivity contribution in [1.29, 1.82) is 0 Å². The van der Waals surface area contributed by atoms with Gasteiger partial charge < -0.3 is 9.15 Å². The van der Waals surface area contributed by atoms with Gasteiger partial charge in [-0.1, -0.05) is 74.1 Å². The summed E-state index contributed by atoms with van der Waals surface area (Å²) in [6, 6.07) is 17.2. The van der Waals surface area contributed by atoms with Crippen LogP contribution in [0.3, 0.4) is 0 Å². The van der Waals surface area contributed by atoms with E-state index in [-0.39, 0.29) is 11.7 Å². The minimum atomic E-state index is -0.150. The molecule has 1 atom stereocenters. The van der Waals surface area contributed by atoms with Crippen molar-refractivity contribution in [1.82, 2.24) is 24.9 Å². The van der Waals surface area contributed by atoms with E-state index in [1.807, 2.05) is 48.5 Å². The summed E-state index contributed by atoms with van der Waals surface area (Å²) in [6.45, 7) is 8.53. The molecule has 1 aliphatic rings. The van der Waals surface area contributed by atoms with Crippen molar-refractivity contribution in [3.05, 3.63) is 70.5 Å². The average Bonchev–Trinajstić information content (AvgIpc) is 3.34. The summed E-state index contributed by atoms with van der Waals surface area (Å²) in [5.41, 5.74) is 1.35. The molecule has 0 amide bonds. The Morgan fingerprint density at radius 3 is 2.63 bits per heavy atom. The highest BCUT2D eigenvalue weighted by atomic mass is 32.2. The third-order valence-corrected chi connectivity index (χ3v) is 6.84. The molecule has 0 N–H and O–H groups in total. The molecule has 2 aromatic carbocycles. The van der Waals surface area contributed by atoms with Crippen LogP contribution in [0.15, 0.2) is 69.0 Å². The van der Waals surface area contributed by atoms with Crippen molar-refractivity contribution in [3.8, 4) is 11.6 Å². The first kappa shape index (κ1) is 23.7. The Hall–Kier alpha value is -3.01. The molecule has 1 unspecified atom stereocenters. The van der Waals surface area contributed by atoms with Gasteiger partial charge in [0.15, 0.2) is 5.69 Å². The van der Waals surface area contributed by atoms with Crippen LogP contribution in [0.1, 0.15) is 19.4 Å². The smallest absolute Gasteiger partial charge is 0.277 e. The highest BCUT2D eigenvalue weighted by molar-refractivity contribution is 7.99. The van der Waals surface area contributed by atoms with E-state index in [4.69, 9.17) is 9.15 Å². The number of rotatable bonds is 8. The Bertz CT molecular complexity index is 1340. The van der Waals surface area contributed by atoms with Crippen LogP contribution < -0.4 is 5.56 Å². The average molecular weight is 492 g/mol. The maximum atomic E-state index is 13.1. The molecule has 4 aromatic rings. The predicted molar refractivity (Wildman–Crippen MR) is 137 cm³/mol. The van der Waals surface area contributed by atoms with Crippen molar-refractivity contribution in [2.45, 2.75) is 31.7 Å². The minimum absolute atomic E-state index is 0.120. The molecule has 0 aliphatic carbocycles. The lowest BCUT2D eigenvalue weighted by molar-refractivity contribution is -0.0192. The first-order valence-electron chi connectivity index (χ1n) is 11.9. The molecule has 1 aliphatic heterocycles. The standard InChI is InChI=1S/C26H29N5O3S/c1-18(2)14-30-12-13-33-20(16-30)17-35-26-28-27-24(34-26)23-21-10-6-7-11-22(21)25(32)31(29-23)15-19-8-4-3-5-9-19/h3-11,18,20H,12-17H2,1-2H3. The van der Waals surface area contributed by atoms with Crippen LogP contribution in [0, 0.1) is 5.92 Å². The number of thioether (sulfide) groups is 1. The molecular formula is C26H29N5O3S. The van der Waals surface area contributed by atoms with Crippen molar-refractivity contribution >= 4 is 22.5 Å². The second kappa shape index (κ2) is 10.7. The molecule has 8 nitrogen and oxygen atoms in total.